The molecule has 1 aromatic heterocycles. The largest absolute Gasteiger partial charge is 0.496 e. The van der Waals surface area contributed by atoms with Crippen LogP contribution in [0.5, 0.6) is 5.75 Å². The summed E-state index contributed by atoms with van der Waals surface area (Å²) in [6.07, 6.45) is 6.63. The molecule has 2 rings (SSSR count). The van der Waals surface area contributed by atoms with Gasteiger partial charge in [-0.1, -0.05) is 18.2 Å². The molecule has 1 aromatic carbocycles. The summed E-state index contributed by atoms with van der Waals surface area (Å²) in [5.41, 5.74) is 2.37. The fraction of sp³-hybridized carbons (Fsp3) is 0.438. The van der Waals surface area contributed by atoms with Gasteiger partial charge in [-0.2, -0.15) is 5.10 Å². The third kappa shape index (κ3) is 3.84. The van der Waals surface area contributed by atoms with Gasteiger partial charge in [-0.3, -0.25) is 4.68 Å². The molecule has 4 heteroatoms. The highest BCUT2D eigenvalue weighted by atomic mass is 16.5. The zero-order valence-corrected chi connectivity index (χ0v) is 12.1. The number of para-hydroxylation sites is 1. The number of nitrogens with zero attached hydrogens (tertiary/aromatic N) is 2. The normalized spacial score (nSPS) is 12.3. The zero-order valence-electron chi connectivity index (χ0n) is 12.1. The Kier molecular flexibility index (Phi) is 5.18. The Labute approximate surface area is 120 Å². The zero-order chi connectivity index (χ0) is 14.4. The second kappa shape index (κ2) is 7.10. The number of rotatable bonds is 7. The minimum atomic E-state index is 0.193. The van der Waals surface area contributed by atoms with Gasteiger partial charge in [-0.05, 0) is 42.4 Å². The highest BCUT2D eigenvalue weighted by molar-refractivity contribution is 5.33. The summed E-state index contributed by atoms with van der Waals surface area (Å²) in [5, 5.41) is 13.7. The lowest BCUT2D eigenvalue weighted by atomic mass is 9.94. The molecule has 1 unspecified atom stereocenters. The quantitative estimate of drug-likeness (QED) is 0.842. The predicted molar refractivity (Wildman–Crippen MR) is 78.8 cm³/mol. The van der Waals surface area contributed by atoms with Crippen LogP contribution in [0.15, 0.2) is 36.7 Å². The molecule has 108 valence electrons. The summed E-state index contributed by atoms with van der Waals surface area (Å²) in [6, 6.07) is 8.00. The van der Waals surface area contributed by atoms with E-state index in [2.05, 4.69) is 11.2 Å². The molecule has 1 heterocycles. The highest BCUT2D eigenvalue weighted by Gasteiger charge is 2.12. The first-order chi connectivity index (χ1) is 9.72. The van der Waals surface area contributed by atoms with Crippen LogP contribution in [0.1, 0.15) is 17.5 Å². The van der Waals surface area contributed by atoms with E-state index < -0.39 is 0 Å². The minimum absolute atomic E-state index is 0.193. The summed E-state index contributed by atoms with van der Waals surface area (Å²) in [4.78, 5) is 0. The Bertz CT molecular complexity index is 537. The molecule has 0 aliphatic carbocycles. The van der Waals surface area contributed by atoms with Gasteiger partial charge in [0.25, 0.3) is 0 Å². The van der Waals surface area contributed by atoms with Crippen molar-refractivity contribution in [3.63, 3.8) is 0 Å². The van der Waals surface area contributed by atoms with Crippen LogP contribution in [-0.4, -0.2) is 28.6 Å². The van der Waals surface area contributed by atoms with Crippen LogP contribution in [0.3, 0.4) is 0 Å². The van der Waals surface area contributed by atoms with Crippen molar-refractivity contribution in [3.05, 3.63) is 47.8 Å². The van der Waals surface area contributed by atoms with E-state index in [1.807, 2.05) is 42.3 Å². The molecule has 20 heavy (non-hydrogen) atoms. The van der Waals surface area contributed by atoms with E-state index in [9.17, 15) is 5.11 Å². The first-order valence-electron chi connectivity index (χ1n) is 6.93. The number of hydrogen-bond acceptors (Lipinski definition) is 3. The smallest absolute Gasteiger partial charge is 0.122 e. The van der Waals surface area contributed by atoms with Gasteiger partial charge in [0.2, 0.25) is 0 Å². The molecular weight excluding hydrogens is 252 g/mol. The summed E-state index contributed by atoms with van der Waals surface area (Å²) < 4.78 is 7.17. The molecule has 4 nitrogen and oxygen atoms in total. The lowest BCUT2D eigenvalue weighted by Crippen LogP contribution is -2.11. The van der Waals surface area contributed by atoms with Gasteiger partial charge in [0.1, 0.15) is 5.75 Å². The summed E-state index contributed by atoms with van der Waals surface area (Å²) in [7, 11) is 3.60. The molecule has 0 amide bonds. The molecule has 0 saturated heterocycles. The first kappa shape index (κ1) is 14.6. The summed E-state index contributed by atoms with van der Waals surface area (Å²) >= 11 is 0. The van der Waals surface area contributed by atoms with Crippen LogP contribution in [0.25, 0.3) is 0 Å². The van der Waals surface area contributed by atoms with E-state index in [0.717, 1.165) is 30.6 Å². The van der Waals surface area contributed by atoms with Crippen LogP contribution in [0.4, 0.5) is 0 Å². The second-order valence-corrected chi connectivity index (χ2v) is 5.13. The maximum Gasteiger partial charge on any atom is 0.122 e. The lowest BCUT2D eigenvalue weighted by Gasteiger charge is -2.15. The predicted octanol–water partition coefficient (Wildman–Crippen LogP) is 2.21. The van der Waals surface area contributed by atoms with Crippen LogP contribution in [-0.2, 0) is 19.9 Å². The number of aryl methyl sites for hydroxylation is 2. The van der Waals surface area contributed by atoms with Crippen molar-refractivity contribution in [2.75, 3.05) is 13.7 Å². The van der Waals surface area contributed by atoms with Crippen molar-refractivity contribution in [1.29, 1.82) is 0 Å². The Morgan fingerprint density at radius 3 is 2.80 bits per heavy atom. The van der Waals surface area contributed by atoms with Crippen molar-refractivity contribution in [1.82, 2.24) is 9.78 Å². The van der Waals surface area contributed by atoms with Gasteiger partial charge in [-0.15, -0.1) is 0 Å². The standard InChI is InChI=1S/C16H22N2O2/c1-18-11-14(10-17-18)8-7-13(12-19)9-15-5-3-4-6-16(15)20-2/h3-6,10-11,13,19H,7-9,12H2,1-2H3. The number of methoxy groups -OCH3 is 1. The monoisotopic (exact) mass is 274 g/mol. The molecule has 0 spiro atoms. The maximum absolute atomic E-state index is 9.57. The molecule has 0 radical (unpaired) electrons. The fourth-order valence-electron chi connectivity index (χ4n) is 2.41. The second-order valence-electron chi connectivity index (χ2n) is 5.13. The molecule has 0 bridgehead atoms. The molecular formula is C16H22N2O2. The molecule has 0 saturated carbocycles. The Morgan fingerprint density at radius 1 is 1.35 bits per heavy atom. The Morgan fingerprint density at radius 2 is 2.15 bits per heavy atom. The summed E-state index contributed by atoms with van der Waals surface area (Å²) in [6.45, 7) is 0.193. The van der Waals surface area contributed by atoms with Gasteiger partial charge in [0, 0.05) is 19.9 Å². The molecule has 0 aliphatic heterocycles. The van der Waals surface area contributed by atoms with Crippen molar-refractivity contribution in [2.24, 2.45) is 13.0 Å². The summed E-state index contributed by atoms with van der Waals surface area (Å²) in [5.74, 6) is 1.14. The van der Waals surface area contributed by atoms with Crippen LogP contribution < -0.4 is 4.74 Å². The third-order valence-electron chi connectivity index (χ3n) is 3.56. The van der Waals surface area contributed by atoms with E-state index in [1.165, 1.54) is 5.56 Å². The SMILES string of the molecule is COc1ccccc1CC(CO)CCc1cnn(C)c1. The van der Waals surface area contributed by atoms with Gasteiger partial charge >= 0.3 is 0 Å². The topological polar surface area (TPSA) is 47.3 Å². The van der Waals surface area contributed by atoms with Crippen molar-refractivity contribution >= 4 is 0 Å². The average Bonchev–Trinajstić information content (AvgIpc) is 2.89. The van der Waals surface area contributed by atoms with E-state index in [-0.39, 0.29) is 12.5 Å². The Balaban J connectivity index is 1.94. The lowest BCUT2D eigenvalue weighted by molar-refractivity contribution is 0.217. The van der Waals surface area contributed by atoms with Crippen LogP contribution >= 0.6 is 0 Å². The number of benzene rings is 1. The van der Waals surface area contributed by atoms with Crippen molar-refractivity contribution in [3.8, 4) is 5.75 Å². The average molecular weight is 274 g/mol. The molecule has 2 aromatic rings. The van der Waals surface area contributed by atoms with Crippen LogP contribution in [0, 0.1) is 5.92 Å². The van der Waals surface area contributed by atoms with Gasteiger partial charge in [-0.25, -0.2) is 0 Å². The minimum Gasteiger partial charge on any atom is -0.496 e. The Hall–Kier alpha value is -1.81. The van der Waals surface area contributed by atoms with Crippen molar-refractivity contribution in [2.45, 2.75) is 19.3 Å². The van der Waals surface area contributed by atoms with Gasteiger partial charge < -0.3 is 9.84 Å². The van der Waals surface area contributed by atoms with Gasteiger partial charge in [0.05, 0.1) is 13.3 Å². The number of aliphatic hydroxyl groups is 1. The van der Waals surface area contributed by atoms with Crippen LogP contribution in [0.2, 0.25) is 0 Å². The third-order valence-corrected chi connectivity index (χ3v) is 3.56. The highest BCUT2D eigenvalue weighted by Crippen LogP contribution is 2.23. The molecule has 0 aliphatic rings. The first-order valence-corrected chi connectivity index (χ1v) is 6.93. The number of hydrogen-bond donors (Lipinski definition) is 1. The number of aromatic nitrogens is 2. The number of ether oxygens (including phenoxy) is 1. The van der Waals surface area contributed by atoms with E-state index >= 15 is 0 Å². The fourth-order valence-corrected chi connectivity index (χ4v) is 2.41. The van der Waals surface area contributed by atoms with E-state index in [0.29, 0.717) is 0 Å². The molecule has 1 N–H and O–H groups in total. The maximum atomic E-state index is 9.57. The number of aliphatic hydroxyl groups excluding tert-OH is 1. The molecule has 1 atom stereocenters. The van der Waals surface area contributed by atoms with Crippen molar-refractivity contribution < 1.29 is 9.84 Å². The van der Waals surface area contributed by atoms with E-state index in [4.69, 9.17) is 4.74 Å². The molecule has 0 fully saturated rings. The van der Waals surface area contributed by atoms with E-state index in [1.54, 1.807) is 7.11 Å². The van der Waals surface area contributed by atoms with Gasteiger partial charge in [0.15, 0.2) is 0 Å².